The first kappa shape index (κ1) is 23.0. The van der Waals surface area contributed by atoms with E-state index in [1.54, 1.807) is 19.2 Å². The van der Waals surface area contributed by atoms with Gasteiger partial charge in [0.1, 0.15) is 29.6 Å². The van der Waals surface area contributed by atoms with Crippen LogP contribution >= 0.6 is 11.6 Å². The first-order valence-corrected chi connectivity index (χ1v) is 10.1. The fourth-order valence-electron chi connectivity index (χ4n) is 3.08. The fraction of sp³-hybridized carbons (Fsp3) is 0.167. The molecule has 0 unspecified atom stereocenters. The summed E-state index contributed by atoms with van der Waals surface area (Å²) >= 11 is 6.22. The summed E-state index contributed by atoms with van der Waals surface area (Å²) in [6, 6.07) is 12.8. The molecule has 0 spiro atoms. The number of hydrazone groups is 1. The molecule has 0 atom stereocenters. The molecule has 0 aliphatic carbocycles. The van der Waals surface area contributed by atoms with Crippen molar-refractivity contribution in [1.29, 1.82) is 0 Å². The van der Waals surface area contributed by atoms with Crippen LogP contribution in [0, 0.1) is 13.8 Å². The predicted molar refractivity (Wildman–Crippen MR) is 123 cm³/mol. The topological polar surface area (TPSA) is 100 Å². The Balaban J connectivity index is 1.70. The van der Waals surface area contributed by atoms with Gasteiger partial charge in [-0.3, -0.25) is 4.79 Å². The van der Waals surface area contributed by atoms with Gasteiger partial charge in [0.15, 0.2) is 0 Å². The number of methoxy groups -OCH3 is 1. The average Bonchev–Trinajstić information content (AvgIpc) is 2.76. The molecule has 0 aliphatic rings. The van der Waals surface area contributed by atoms with E-state index >= 15 is 0 Å². The van der Waals surface area contributed by atoms with Crippen molar-refractivity contribution < 1.29 is 24.5 Å². The van der Waals surface area contributed by atoms with Crippen LogP contribution in [0.2, 0.25) is 5.02 Å². The Morgan fingerprint density at radius 1 is 1.09 bits per heavy atom. The van der Waals surface area contributed by atoms with Gasteiger partial charge in [0, 0.05) is 16.7 Å². The third kappa shape index (κ3) is 5.50. The SMILES string of the molecule is COc1ccc(/C=N\NC(=O)c2ccc(O)cc2O)cc1COc1cc(C)c(Cl)c(C)c1. The molecule has 3 aromatic rings. The minimum Gasteiger partial charge on any atom is -0.508 e. The first-order chi connectivity index (χ1) is 15.3. The molecule has 1 amide bonds. The zero-order chi connectivity index (χ0) is 23.3. The van der Waals surface area contributed by atoms with Crippen LogP contribution in [0.3, 0.4) is 0 Å². The molecule has 0 aliphatic heterocycles. The number of halogens is 1. The van der Waals surface area contributed by atoms with E-state index in [2.05, 4.69) is 10.5 Å². The lowest BCUT2D eigenvalue weighted by molar-refractivity contribution is 0.0952. The van der Waals surface area contributed by atoms with Gasteiger partial charge >= 0.3 is 0 Å². The number of nitrogens with one attached hydrogen (secondary N) is 1. The Hall–Kier alpha value is -3.71. The third-order valence-corrected chi connectivity index (χ3v) is 5.31. The van der Waals surface area contributed by atoms with Crippen LogP contribution in [0.1, 0.15) is 32.6 Å². The highest BCUT2D eigenvalue weighted by Crippen LogP contribution is 2.28. The van der Waals surface area contributed by atoms with Gasteiger partial charge in [-0.2, -0.15) is 5.10 Å². The number of carbonyl (C=O) groups is 1. The molecule has 0 heterocycles. The summed E-state index contributed by atoms with van der Waals surface area (Å²) in [6.45, 7) is 4.11. The maximum absolute atomic E-state index is 12.2. The molecule has 3 N–H and O–H groups in total. The minimum absolute atomic E-state index is 0.00248. The average molecular weight is 455 g/mol. The van der Waals surface area contributed by atoms with E-state index in [-0.39, 0.29) is 23.7 Å². The zero-order valence-electron chi connectivity index (χ0n) is 17.8. The first-order valence-electron chi connectivity index (χ1n) is 9.70. The molecule has 7 nitrogen and oxygen atoms in total. The van der Waals surface area contributed by atoms with Crippen molar-refractivity contribution in [3.63, 3.8) is 0 Å². The summed E-state index contributed by atoms with van der Waals surface area (Å²) < 4.78 is 11.3. The number of carbonyl (C=O) groups excluding carboxylic acids is 1. The normalized spacial score (nSPS) is 10.9. The monoisotopic (exact) mass is 454 g/mol. The van der Waals surface area contributed by atoms with Crippen LogP contribution in [0.25, 0.3) is 0 Å². The summed E-state index contributed by atoms with van der Waals surface area (Å²) in [5.41, 5.74) is 5.72. The molecule has 3 rings (SSSR count). The second-order valence-corrected chi connectivity index (χ2v) is 7.51. The number of rotatable bonds is 7. The highest BCUT2D eigenvalue weighted by molar-refractivity contribution is 6.32. The second kappa shape index (κ2) is 10.1. The number of phenols is 2. The maximum atomic E-state index is 12.2. The van der Waals surface area contributed by atoms with Crippen LogP contribution in [-0.4, -0.2) is 29.4 Å². The van der Waals surface area contributed by atoms with E-state index in [0.29, 0.717) is 17.1 Å². The molecule has 8 heteroatoms. The zero-order valence-corrected chi connectivity index (χ0v) is 18.6. The Kier molecular flexibility index (Phi) is 7.22. The molecule has 0 radical (unpaired) electrons. The number of hydrogen-bond acceptors (Lipinski definition) is 6. The van der Waals surface area contributed by atoms with E-state index in [4.69, 9.17) is 21.1 Å². The van der Waals surface area contributed by atoms with Crippen molar-refractivity contribution >= 4 is 23.7 Å². The van der Waals surface area contributed by atoms with Crippen LogP contribution in [0.4, 0.5) is 0 Å². The van der Waals surface area contributed by atoms with Gasteiger partial charge in [-0.05, 0) is 73.0 Å². The van der Waals surface area contributed by atoms with Crippen molar-refractivity contribution in [2.45, 2.75) is 20.5 Å². The van der Waals surface area contributed by atoms with Crippen molar-refractivity contribution in [2.75, 3.05) is 7.11 Å². The predicted octanol–water partition coefficient (Wildman–Crippen LogP) is 4.72. The quantitative estimate of drug-likeness (QED) is 0.354. The van der Waals surface area contributed by atoms with Gasteiger partial charge in [0.25, 0.3) is 5.91 Å². The van der Waals surface area contributed by atoms with E-state index in [1.165, 1.54) is 18.3 Å². The van der Waals surface area contributed by atoms with Crippen molar-refractivity contribution in [3.05, 3.63) is 81.4 Å². The molecule has 32 heavy (non-hydrogen) atoms. The fourth-order valence-corrected chi connectivity index (χ4v) is 3.19. The Morgan fingerprint density at radius 3 is 2.47 bits per heavy atom. The lowest BCUT2D eigenvalue weighted by Crippen LogP contribution is -2.17. The highest BCUT2D eigenvalue weighted by Gasteiger charge is 2.11. The smallest absolute Gasteiger partial charge is 0.275 e. The third-order valence-electron chi connectivity index (χ3n) is 4.71. The number of nitrogens with zero attached hydrogens (tertiary/aromatic N) is 1. The van der Waals surface area contributed by atoms with E-state index < -0.39 is 5.91 Å². The minimum atomic E-state index is -0.607. The van der Waals surface area contributed by atoms with Gasteiger partial charge in [0.2, 0.25) is 0 Å². The largest absolute Gasteiger partial charge is 0.508 e. The van der Waals surface area contributed by atoms with Gasteiger partial charge in [-0.25, -0.2) is 5.43 Å². The molecule has 0 bridgehead atoms. The maximum Gasteiger partial charge on any atom is 0.275 e. The van der Waals surface area contributed by atoms with Crippen molar-refractivity contribution in [1.82, 2.24) is 5.43 Å². The van der Waals surface area contributed by atoms with E-state index in [1.807, 2.05) is 32.0 Å². The van der Waals surface area contributed by atoms with Crippen LogP contribution in [0.5, 0.6) is 23.0 Å². The molecule has 0 saturated carbocycles. The lowest BCUT2D eigenvalue weighted by atomic mass is 10.1. The summed E-state index contributed by atoms with van der Waals surface area (Å²) in [4.78, 5) is 12.2. The number of hydrogen-bond donors (Lipinski definition) is 3. The number of benzene rings is 3. The Bertz CT molecular complexity index is 1150. The molecular weight excluding hydrogens is 432 g/mol. The van der Waals surface area contributed by atoms with Crippen molar-refractivity contribution in [2.24, 2.45) is 5.10 Å². The number of ether oxygens (including phenoxy) is 2. The highest BCUT2D eigenvalue weighted by atomic mass is 35.5. The van der Waals surface area contributed by atoms with Gasteiger partial charge in [0.05, 0.1) is 18.9 Å². The Labute approximate surface area is 190 Å². The summed E-state index contributed by atoms with van der Waals surface area (Å²) in [5, 5.41) is 23.7. The molecule has 0 fully saturated rings. The van der Waals surface area contributed by atoms with Crippen molar-refractivity contribution in [3.8, 4) is 23.0 Å². The van der Waals surface area contributed by atoms with Gasteiger partial charge in [-0.15, -0.1) is 0 Å². The number of aryl methyl sites for hydroxylation is 2. The number of phenolic OH excluding ortho intramolecular Hbond substituents is 2. The van der Waals surface area contributed by atoms with E-state index in [9.17, 15) is 15.0 Å². The standard InChI is InChI=1S/C24H23ClN2O5/c1-14-8-19(9-15(2)23(14)25)32-13-17-10-16(4-7-22(17)31-3)12-26-27-24(30)20-6-5-18(28)11-21(20)29/h4-12,28-29H,13H2,1-3H3,(H,27,30)/b26-12-. The summed E-state index contributed by atoms with van der Waals surface area (Å²) in [7, 11) is 1.58. The van der Waals surface area contributed by atoms with E-state index in [0.717, 1.165) is 27.8 Å². The Morgan fingerprint density at radius 2 is 1.81 bits per heavy atom. The molecule has 3 aromatic carbocycles. The van der Waals surface area contributed by atoms with Crippen LogP contribution in [-0.2, 0) is 6.61 Å². The van der Waals surface area contributed by atoms with Crippen LogP contribution < -0.4 is 14.9 Å². The van der Waals surface area contributed by atoms with Gasteiger partial charge < -0.3 is 19.7 Å². The lowest BCUT2D eigenvalue weighted by Gasteiger charge is -2.13. The number of amides is 1. The summed E-state index contributed by atoms with van der Waals surface area (Å²) in [5.74, 6) is 0.270. The molecule has 0 saturated heterocycles. The summed E-state index contributed by atoms with van der Waals surface area (Å²) in [6.07, 6.45) is 1.47. The molecular formula is C24H23ClN2O5. The molecule has 166 valence electrons. The second-order valence-electron chi connectivity index (χ2n) is 7.13. The number of aromatic hydroxyl groups is 2. The van der Waals surface area contributed by atoms with Gasteiger partial charge in [-0.1, -0.05) is 11.6 Å². The van der Waals surface area contributed by atoms with Crippen LogP contribution in [0.15, 0.2) is 53.6 Å². The molecule has 0 aromatic heterocycles.